The topological polar surface area (TPSA) is 46.2 Å². The minimum atomic E-state index is -3.35. The molecular formula is C13H19NO2S. The Labute approximate surface area is 103 Å². The second kappa shape index (κ2) is 5.19. The summed E-state index contributed by atoms with van der Waals surface area (Å²) in [5.74, 6) is 0.494. The van der Waals surface area contributed by atoms with Crippen molar-refractivity contribution in [2.24, 2.45) is 5.92 Å². The zero-order valence-electron chi connectivity index (χ0n) is 10.1. The molecule has 0 aliphatic heterocycles. The Morgan fingerprint density at radius 3 is 2.35 bits per heavy atom. The van der Waals surface area contributed by atoms with Crippen LogP contribution >= 0.6 is 0 Å². The highest BCUT2D eigenvalue weighted by atomic mass is 32.2. The number of hydrogen-bond acceptors (Lipinski definition) is 2. The van der Waals surface area contributed by atoms with E-state index >= 15 is 0 Å². The molecule has 0 amide bonds. The van der Waals surface area contributed by atoms with Gasteiger partial charge in [0.05, 0.1) is 4.90 Å². The van der Waals surface area contributed by atoms with Crippen LogP contribution in [0.1, 0.15) is 32.6 Å². The van der Waals surface area contributed by atoms with Gasteiger partial charge in [0.15, 0.2) is 0 Å². The van der Waals surface area contributed by atoms with Crippen molar-refractivity contribution in [1.82, 2.24) is 4.72 Å². The number of nitrogens with one attached hydrogen (secondary N) is 1. The normalized spacial score (nSPS) is 19.4. The summed E-state index contributed by atoms with van der Waals surface area (Å²) in [6, 6.07) is 8.60. The van der Waals surface area contributed by atoms with Gasteiger partial charge in [-0.1, -0.05) is 31.0 Å². The fraction of sp³-hybridized carbons (Fsp3) is 0.538. The molecule has 1 N–H and O–H groups in total. The lowest BCUT2D eigenvalue weighted by atomic mass is 10.0. The quantitative estimate of drug-likeness (QED) is 0.896. The van der Waals surface area contributed by atoms with Crippen LogP contribution in [0.4, 0.5) is 0 Å². The van der Waals surface area contributed by atoms with E-state index in [4.69, 9.17) is 0 Å². The van der Waals surface area contributed by atoms with Gasteiger partial charge in [0, 0.05) is 6.04 Å². The van der Waals surface area contributed by atoms with Crippen LogP contribution in [0.15, 0.2) is 35.2 Å². The van der Waals surface area contributed by atoms with Gasteiger partial charge < -0.3 is 0 Å². The third-order valence-electron chi connectivity index (χ3n) is 3.50. The van der Waals surface area contributed by atoms with Crippen molar-refractivity contribution in [3.63, 3.8) is 0 Å². The van der Waals surface area contributed by atoms with Gasteiger partial charge in [0.1, 0.15) is 0 Å². The van der Waals surface area contributed by atoms with E-state index in [2.05, 4.69) is 4.72 Å². The maximum Gasteiger partial charge on any atom is 0.240 e. The third-order valence-corrected chi connectivity index (χ3v) is 5.08. The number of sulfonamides is 1. The molecule has 1 saturated carbocycles. The van der Waals surface area contributed by atoms with Crippen LogP contribution in [0.3, 0.4) is 0 Å². The molecule has 94 valence electrons. The van der Waals surface area contributed by atoms with Crippen LogP contribution < -0.4 is 4.72 Å². The number of rotatable bonds is 4. The molecule has 0 spiro atoms. The van der Waals surface area contributed by atoms with E-state index in [0.717, 1.165) is 12.8 Å². The smallest absolute Gasteiger partial charge is 0.208 e. The zero-order chi connectivity index (χ0) is 12.3. The molecule has 0 saturated heterocycles. The summed E-state index contributed by atoms with van der Waals surface area (Å²) in [6.07, 6.45) is 4.72. The SMILES string of the molecule is CC(NS(=O)(=O)c1ccccc1)C1CCCC1. The molecule has 3 nitrogen and oxygen atoms in total. The van der Waals surface area contributed by atoms with E-state index in [0.29, 0.717) is 10.8 Å². The lowest BCUT2D eigenvalue weighted by molar-refractivity contribution is 0.424. The Bertz CT molecular complexity index is 450. The molecule has 0 heterocycles. The van der Waals surface area contributed by atoms with Gasteiger partial charge >= 0.3 is 0 Å². The second-order valence-electron chi connectivity index (χ2n) is 4.77. The largest absolute Gasteiger partial charge is 0.240 e. The predicted molar refractivity (Wildman–Crippen MR) is 68.2 cm³/mol. The first-order chi connectivity index (χ1) is 8.09. The first-order valence-electron chi connectivity index (χ1n) is 6.17. The molecule has 1 fully saturated rings. The number of hydrogen-bond donors (Lipinski definition) is 1. The van der Waals surface area contributed by atoms with Crippen LogP contribution in [0.5, 0.6) is 0 Å². The molecule has 0 bridgehead atoms. The summed E-state index contributed by atoms with van der Waals surface area (Å²) in [5, 5.41) is 0. The van der Waals surface area contributed by atoms with E-state index in [1.165, 1.54) is 12.8 Å². The van der Waals surface area contributed by atoms with E-state index in [-0.39, 0.29) is 6.04 Å². The fourth-order valence-corrected chi connectivity index (χ4v) is 3.80. The minimum absolute atomic E-state index is 0.0303. The average molecular weight is 253 g/mol. The highest BCUT2D eigenvalue weighted by Gasteiger charge is 2.25. The van der Waals surface area contributed by atoms with Crippen molar-refractivity contribution >= 4 is 10.0 Å². The summed E-state index contributed by atoms with van der Waals surface area (Å²) < 4.78 is 27.0. The van der Waals surface area contributed by atoms with Gasteiger partial charge in [-0.05, 0) is 37.8 Å². The lowest BCUT2D eigenvalue weighted by Crippen LogP contribution is -2.37. The fourth-order valence-electron chi connectivity index (χ4n) is 2.47. The molecule has 1 aliphatic carbocycles. The van der Waals surface area contributed by atoms with Gasteiger partial charge in [-0.15, -0.1) is 0 Å². The van der Waals surface area contributed by atoms with Crippen molar-refractivity contribution in [3.8, 4) is 0 Å². The molecule has 4 heteroatoms. The first kappa shape index (κ1) is 12.6. The molecule has 0 radical (unpaired) electrons. The van der Waals surface area contributed by atoms with Crippen molar-refractivity contribution < 1.29 is 8.42 Å². The van der Waals surface area contributed by atoms with Crippen LogP contribution in [-0.2, 0) is 10.0 Å². The third kappa shape index (κ3) is 3.07. The minimum Gasteiger partial charge on any atom is -0.208 e. The van der Waals surface area contributed by atoms with Crippen LogP contribution in [-0.4, -0.2) is 14.5 Å². The summed E-state index contributed by atoms with van der Waals surface area (Å²) in [7, 11) is -3.35. The Morgan fingerprint density at radius 2 is 1.76 bits per heavy atom. The van der Waals surface area contributed by atoms with E-state index in [1.807, 2.05) is 13.0 Å². The molecule has 2 rings (SSSR count). The monoisotopic (exact) mass is 253 g/mol. The van der Waals surface area contributed by atoms with Gasteiger partial charge in [0.2, 0.25) is 10.0 Å². The van der Waals surface area contributed by atoms with Gasteiger partial charge in [0.25, 0.3) is 0 Å². The van der Waals surface area contributed by atoms with Crippen LogP contribution in [0.25, 0.3) is 0 Å². The van der Waals surface area contributed by atoms with Crippen molar-refractivity contribution in [2.45, 2.75) is 43.5 Å². The highest BCUT2D eigenvalue weighted by Crippen LogP contribution is 2.28. The predicted octanol–water partition coefficient (Wildman–Crippen LogP) is 2.54. The maximum atomic E-state index is 12.1. The summed E-state index contributed by atoms with van der Waals surface area (Å²) in [4.78, 5) is 0.352. The summed E-state index contributed by atoms with van der Waals surface area (Å²) >= 11 is 0. The summed E-state index contributed by atoms with van der Waals surface area (Å²) in [5.41, 5.74) is 0. The average Bonchev–Trinajstić information content (AvgIpc) is 2.83. The molecule has 17 heavy (non-hydrogen) atoms. The molecular weight excluding hydrogens is 234 g/mol. The van der Waals surface area contributed by atoms with Gasteiger partial charge in [-0.2, -0.15) is 0 Å². The first-order valence-corrected chi connectivity index (χ1v) is 7.65. The van der Waals surface area contributed by atoms with Crippen molar-refractivity contribution in [1.29, 1.82) is 0 Å². The van der Waals surface area contributed by atoms with E-state index in [1.54, 1.807) is 24.3 Å². The maximum absolute atomic E-state index is 12.1. The van der Waals surface area contributed by atoms with E-state index in [9.17, 15) is 8.42 Å². The molecule has 1 unspecified atom stereocenters. The van der Waals surface area contributed by atoms with Crippen molar-refractivity contribution in [3.05, 3.63) is 30.3 Å². The molecule has 1 aliphatic rings. The molecule has 1 aromatic rings. The zero-order valence-corrected chi connectivity index (χ0v) is 10.9. The molecule has 0 aromatic heterocycles. The van der Waals surface area contributed by atoms with E-state index < -0.39 is 10.0 Å². The molecule has 1 atom stereocenters. The Kier molecular flexibility index (Phi) is 3.84. The standard InChI is InChI=1S/C13H19NO2S/c1-11(12-7-5-6-8-12)14-17(15,16)13-9-3-2-4-10-13/h2-4,9-12,14H,5-8H2,1H3. The Balaban J connectivity index is 2.07. The summed E-state index contributed by atoms with van der Waals surface area (Å²) in [6.45, 7) is 1.97. The number of benzene rings is 1. The molecule has 1 aromatic carbocycles. The van der Waals surface area contributed by atoms with Gasteiger partial charge in [-0.25, -0.2) is 13.1 Å². The van der Waals surface area contributed by atoms with Gasteiger partial charge in [-0.3, -0.25) is 0 Å². The van der Waals surface area contributed by atoms with Crippen LogP contribution in [0, 0.1) is 5.92 Å². The van der Waals surface area contributed by atoms with Crippen LogP contribution in [0.2, 0.25) is 0 Å². The Morgan fingerprint density at radius 1 is 1.18 bits per heavy atom. The highest BCUT2D eigenvalue weighted by molar-refractivity contribution is 7.89. The Hall–Kier alpha value is -0.870. The lowest BCUT2D eigenvalue weighted by Gasteiger charge is -2.20. The second-order valence-corrected chi connectivity index (χ2v) is 6.48. The van der Waals surface area contributed by atoms with Crippen molar-refractivity contribution in [2.75, 3.05) is 0 Å².